The lowest BCUT2D eigenvalue weighted by Gasteiger charge is -2.46. The van der Waals surface area contributed by atoms with Crippen molar-refractivity contribution in [1.82, 2.24) is 0 Å². The third kappa shape index (κ3) is 1.45. The molecule has 2 rings (SSSR count). The molecule has 0 amide bonds. The number of hydrogen-bond acceptors (Lipinski definition) is 0. The molecule has 2 aliphatic carbocycles. The third-order valence-corrected chi connectivity index (χ3v) is 4.49. The standard InChI is InChI=1S/C13H22/c1-10-7-8-12-6-4-5-11(2)13(12,3)9-10/h6,10-11H,4-5,7-9H2,1-3H3/t10-,11-,13+/m1/s1. The van der Waals surface area contributed by atoms with E-state index in [0.29, 0.717) is 5.41 Å². The molecule has 0 aromatic rings. The van der Waals surface area contributed by atoms with Crippen LogP contribution < -0.4 is 0 Å². The topological polar surface area (TPSA) is 0 Å². The third-order valence-electron chi connectivity index (χ3n) is 4.49. The first-order valence-electron chi connectivity index (χ1n) is 5.82. The highest BCUT2D eigenvalue weighted by atomic mass is 14.4. The first kappa shape index (κ1) is 9.30. The minimum atomic E-state index is 0.565. The second kappa shape index (κ2) is 3.15. The summed E-state index contributed by atoms with van der Waals surface area (Å²) >= 11 is 0. The molecule has 74 valence electrons. The van der Waals surface area contributed by atoms with Crippen LogP contribution >= 0.6 is 0 Å². The van der Waals surface area contributed by atoms with Gasteiger partial charge in [0.2, 0.25) is 0 Å². The van der Waals surface area contributed by atoms with Gasteiger partial charge in [0.15, 0.2) is 0 Å². The molecule has 0 N–H and O–H groups in total. The van der Waals surface area contributed by atoms with Crippen molar-refractivity contribution < 1.29 is 0 Å². The maximum absolute atomic E-state index is 2.53. The lowest BCUT2D eigenvalue weighted by atomic mass is 9.59. The van der Waals surface area contributed by atoms with Gasteiger partial charge in [0.25, 0.3) is 0 Å². The van der Waals surface area contributed by atoms with Gasteiger partial charge >= 0.3 is 0 Å². The quantitative estimate of drug-likeness (QED) is 0.488. The van der Waals surface area contributed by atoms with Crippen LogP contribution in [0.25, 0.3) is 0 Å². The van der Waals surface area contributed by atoms with E-state index in [9.17, 15) is 0 Å². The fourth-order valence-corrected chi connectivity index (χ4v) is 3.32. The van der Waals surface area contributed by atoms with E-state index in [1.165, 1.54) is 32.1 Å². The van der Waals surface area contributed by atoms with Gasteiger partial charge in [-0.1, -0.05) is 32.4 Å². The predicted molar refractivity (Wildman–Crippen MR) is 57.6 cm³/mol. The Kier molecular flexibility index (Phi) is 2.25. The lowest BCUT2D eigenvalue weighted by molar-refractivity contribution is 0.145. The highest BCUT2D eigenvalue weighted by Gasteiger charge is 2.40. The normalized spacial score (nSPS) is 45.3. The second-order valence-electron chi connectivity index (χ2n) is 5.47. The Bertz CT molecular complexity index is 226. The molecule has 3 atom stereocenters. The minimum absolute atomic E-state index is 0.565. The molecule has 0 heterocycles. The first-order chi connectivity index (χ1) is 6.13. The van der Waals surface area contributed by atoms with Gasteiger partial charge < -0.3 is 0 Å². The second-order valence-corrected chi connectivity index (χ2v) is 5.47. The maximum Gasteiger partial charge on any atom is -0.00881 e. The van der Waals surface area contributed by atoms with Gasteiger partial charge in [0.05, 0.1) is 0 Å². The van der Waals surface area contributed by atoms with E-state index in [1.807, 2.05) is 0 Å². The van der Waals surface area contributed by atoms with Gasteiger partial charge in [-0.3, -0.25) is 0 Å². The van der Waals surface area contributed by atoms with E-state index >= 15 is 0 Å². The molecular formula is C13H22. The molecule has 0 unspecified atom stereocenters. The van der Waals surface area contributed by atoms with E-state index in [2.05, 4.69) is 26.8 Å². The minimum Gasteiger partial charge on any atom is -0.0848 e. The van der Waals surface area contributed by atoms with Crippen molar-refractivity contribution in [1.29, 1.82) is 0 Å². The molecule has 2 aliphatic rings. The predicted octanol–water partition coefficient (Wildman–Crippen LogP) is 4.17. The van der Waals surface area contributed by atoms with Crippen molar-refractivity contribution in [3.8, 4) is 0 Å². The van der Waals surface area contributed by atoms with E-state index < -0.39 is 0 Å². The maximum atomic E-state index is 2.53. The number of allylic oxidation sites excluding steroid dienone is 2. The Morgan fingerprint density at radius 2 is 2.08 bits per heavy atom. The molecule has 0 heteroatoms. The zero-order valence-electron chi connectivity index (χ0n) is 9.27. The molecule has 0 spiro atoms. The largest absolute Gasteiger partial charge is 0.0848 e. The molecule has 0 saturated heterocycles. The van der Waals surface area contributed by atoms with Crippen molar-refractivity contribution >= 4 is 0 Å². The molecule has 1 fully saturated rings. The molecule has 0 aromatic carbocycles. The highest BCUT2D eigenvalue weighted by Crippen LogP contribution is 2.51. The summed E-state index contributed by atoms with van der Waals surface area (Å²) in [5.74, 6) is 1.86. The number of rotatable bonds is 0. The van der Waals surface area contributed by atoms with Crippen molar-refractivity contribution in [3.05, 3.63) is 11.6 Å². The average molecular weight is 178 g/mol. The van der Waals surface area contributed by atoms with Gasteiger partial charge in [-0.2, -0.15) is 0 Å². The van der Waals surface area contributed by atoms with Crippen molar-refractivity contribution in [2.75, 3.05) is 0 Å². The first-order valence-corrected chi connectivity index (χ1v) is 5.82. The average Bonchev–Trinajstić information content (AvgIpc) is 2.07. The van der Waals surface area contributed by atoms with E-state index in [4.69, 9.17) is 0 Å². The van der Waals surface area contributed by atoms with Crippen LogP contribution in [-0.4, -0.2) is 0 Å². The molecule has 0 aromatic heterocycles. The molecule has 0 nitrogen and oxygen atoms in total. The molecule has 1 saturated carbocycles. The number of fused-ring (bicyclic) bond motifs is 1. The van der Waals surface area contributed by atoms with E-state index in [-0.39, 0.29) is 0 Å². The summed E-state index contributed by atoms with van der Waals surface area (Å²) in [5.41, 5.74) is 2.35. The monoisotopic (exact) mass is 178 g/mol. The van der Waals surface area contributed by atoms with E-state index in [1.54, 1.807) is 5.57 Å². The van der Waals surface area contributed by atoms with Crippen LogP contribution in [-0.2, 0) is 0 Å². The van der Waals surface area contributed by atoms with Crippen molar-refractivity contribution in [2.45, 2.75) is 52.9 Å². The summed E-state index contributed by atoms with van der Waals surface area (Å²) in [7, 11) is 0. The number of hydrogen-bond donors (Lipinski definition) is 0. The fourth-order valence-electron chi connectivity index (χ4n) is 3.32. The van der Waals surface area contributed by atoms with Crippen LogP contribution in [0.2, 0.25) is 0 Å². The smallest absolute Gasteiger partial charge is 0.00881 e. The van der Waals surface area contributed by atoms with Gasteiger partial charge in [-0.05, 0) is 49.4 Å². The van der Waals surface area contributed by atoms with Crippen LogP contribution in [0.4, 0.5) is 0 Å². The Hall–Kier alpha value is -0.260. The Balaban J connectivity index is 2.27. The molecule has 13 heavy (non-hydrogen) atoms. The van der Waals surface area contributed by atoms with Crippen LogP contribution in [0.5, 0.6) is 0 Å². The van der Waals surface area contributed by atoms with Gasteiger partial charge in [-0.15, -0.1) is 0 Å². The zero-order chi connectivity index (χ0) is 9.47. The molecule has 0 aliphatic heterocycles. The fraction of sp³-hybridized carbons (Fsp3) is 0.846. The Labute approximate surface area is 82.4 Å². The van der Waals surface area contributed by atoms with Crippen LogP contribution in [0.3, 0.4) is 0 Å². The Morgan fingerprint density at radius 1 is 1.31 bits per heavy atom. The van der Waals surface area contributed by atoms with Crippen LogP contribution in [0.15, 0.2) is 11.6 Å². The van der Waals surface area contributed by atoms with E-state index in [0.717, 1.165) is 11.8 Å². The summed E-state index contributed by atoms with van der Waals surface area (Å²) < 4.78 is 0. The summed E-state index contributed by atoms with van der Waals surface area (Å²) in [6.07, 6.45) is 9.51. The molecule has 0 radical (unpaired) electrons. The molecule has 0 bridgehead atoms. The van der Waals surface area contributed by atoms with Gasteiger partial charge in [0.1, 0.15) is 0 Å². The summed E-state index contributed by atoms with van der Waals surface area (Å²) in [5, 5.41) is 0. The van der Waals surface area contributed by atoms with Crippen LogP contribution in [0.1, 0.15) is 52.9 Å². The zero-order valence-corrected chi connectivity index (χ0v) is 9.27. The van der Waals surface area contributed by atoms with Crippen molar-refractivity contribution in [3.63, 3.8) is 0 Å². The van der Waals surface area contributed by atoms with Gasteiger partial charge in [0, 0.05) is 0 Å². The Morgan fingerprint density at radius 3 is 2.85 bits per heavy atom. The van der Waals surface area contributed by atoms with Crippen LogP contribution in [0, 0.1) is 17.3 Å². The summed E-state index contributed by atoms with van der Waals surface area (Å²) in [4.78, 5) is 0. The van der Waals surface area contributed by atoms with Crippen molar-refractivity contribution in [2.24, 2.45) is 17.3 Å². The highest BCUT2D eigenvalue weighted by molar-refractivity contribution is 5.20. The molecular weight excluding hydrogens is 156 g/mol. The summed E-state index contributed by atoms with van der Waals surface area (Å²) in [6, 6.07) is 0. The lowest BCUT2D eigenvalue weighted by Crippen LogP contribution is -2.35. The SMILES string of the molecule is C[C@@H]1CCC2=CCC[C@@H](C)[C@]2(C)C1. The van der Waals surface area contributed by atoms with Gasteiger partial charge in [-0.25, -0.2) is 0 Å². The summed E-state index contributed by atoms with van der Waals surface area (Å²) in [6.45, 7) is 7.37.